The summed E-state index contributed by atoms with van der Waals surface area (Å²) in [5, 5.41) is 19.1. The zero-order valence-corrected chi connectivity index (χ0v) is 9.95. The number of likely N-dealkylation sites (tertiary alicyclic amines) is 1. The summed E-state index contributed by atoms with van der Waals surface area (Å²) >= 11 is 0. The maximum Gasteiger partial charge on any atom is 0.213 e. The Kier molecular flexibility index (Phi) is 4.74. The van der Waals surface area contributed by atoms with Crippen molar-refractivity contribution >= 4 is 0 Å². The van der Waals surface area contributed by atoms with Crippen LogP contribution in [0.25, 0.3) is 0 Å². The first-order valence-electron chi connectivity index (χ1n) is 5.48. The van der Waals surface area contributed by atoms with Gasteiger partial charge in [-0.05, 0) is 0 Å². The van der Waals surface area contributed by atoms with Crippen LogP contribution in [0.15, 0.2) is 30.3 Å². The molecule has 3 N–H and O–H groups in total. The SMILES string of the molecule is OC1(O)CCC[NH+](Cc2ccccc2)C1.[Cl-]. The van der Waals surface area contributed by atoms with Crippen LogP contribution in [-0.2, 0) is 6.54 Å². The van der Waals surface area contributed by atoms with E-state index in [0.29, 0.717) is 13.0 Å². The monoisotopic (exact) mass is 243 g/mol. The molecule has 90 valence electrons. The topological polar surface area (TPSA) is 44.9 Å². The lowest BCUT2D eigenvalue weighted by molar-refractivity contribution is -0.929. The molecule has 1 saturated heterocycles. The molecule has 1 heterocycles. The zero-order valence-electron chi connectivity index (χ0n) is 9.19. The summed E-state index contributed by atoms with van der Waals surface area (Å²) < 4.78 is 0. The molecule has 0 aromatic heterocycles. The fraction of sp³-hybridized carbons (Fsp3) is 0.500. The Morgan fingerprint density at radius 1 is 1.19 bits per heavy atom. The molecule has 1 aliphatic heterocycles. The smallest absolute Gasteiger partial charge is 0.213 e. The van der Waals surface area contributed by atoms with Gasteiger partial charge in [-0.15, -0.1) is 0 Å². The summed E-state index contributed by atoms with van der Waals surface area (Å²) in [6, 6.07) is 10.2. The summed E-state index contributed by atoms with van der Waals surface area (Å²) in [7, 11) is 0. The van der Waals surface area contributed by atoms with E-state index in [1.54, 1.807) is 0 Å². The quantitative estimate of drug-likeness (QED) is 0.473. The van der Waals surface area contributed by atoms with Crippen LogP contribution in [0.5, 0.6) is 0 Å². The van der Waals surface area contributed by atoms with Gasteiger partial charge in [-0.25, -0.2) is 0 Å². The molecule has 1 fully saturated rings. The Morgan fingerprint density at radius 2 is 1.88 bits per heavy atom. The number of quaternary nitrogens is 1. The van der Waals surface area contributed by atoms with Crippen LogP contribution in [0.1, 0.15) is 18.4 Å². The maximum atomic E-state index is 9.56. The first kappa shape index (κ1) is 13.5. The highest BCUT2D eigenvalue weighted by Gasteiger charge is 2.33. The third-order valence-corrected chi connectivity index (χ3v) is 2.94. The molecule has 1 aliphatic rings. The highest BCUT2D eigenvalue weighted by Crippen LogP contribution is 2.09. The predicted molar refractivity (Wildman–Crippen MR) is 57.2 cm³/mol. The summed E-state index contributed by atoms with van der Waals surface area (Å²) in [4.78, 5) is 1.25. The van der Waals surface area contributed by atoms with E-state index in [1.807, 2.05) is 18.2 Å². The number of rotatable bonds is 2. The molecule has 0 radical (unpaired) electrons. The molecule has 0 amide bonds. The van der Waals surface area contributed by atoms with Crippen LogP contribution in [0.2, 0.25) is 0 Å². The lowest BCUT2D eigenvalue weighted by atomic mass is 10.0. The van der Waals surface area contributed by atoms with Gasteiger partial charge in [-0.3, -0.25) is 0 Å². The molecule has 2 rings (SSSR count). The van der Waals surface area contributed by atoms with Gasteiger partial charge in [0.15, 0.2) is 0 Å². The van der Waals surface area contributed by atoms with Crippen molar-refractivity contribution in [1.82, 2.24) is 0 Å². The van der Waals surface area contributed by atoms with Crippen molar-refractivity contribution < 1.29 is 27.5 Å². The van der Waals surface area contributed by atoms with Crippen molar-refractivity contribution in [3.05, 3.63) is 35.9 Å². The molecule has 0 saturated carbocycles. The van der Waals surface area contributed by atoms with E-state index < -0.39 is 5.79 Å². The van der Waals surface area contributed by atoms with Crippen LogP contribution >= 0.6 is 0 Å². The minimum atomic E-state index is -1.46. The third-order valence-electron chi connectivity index (χ3n) is 2.94. The predicted octanol–water partition coefficient (Wildman–Crippen LogP) is -3.45. The second-order valence-electron chi connectivity index (χ2n) is 4.43. The Bertz CT molecular complexity index is 316. The van der Waals surface area contributed by atoms with E-state index in [9.17, 15) is 10.2 Å². The molecular formula is C12H18ClNO2. The minimum absolute atomic E-state index is 0. The normalized spacial score (nSPS) is 23.5. The van der Waals surface area contributed by atoms with Crippen LogP contribution < -0.4 is 17.3 Å². The summed E-state index contributed by atoms with van der Waals surface area (Å²) in [6.07, 6.45) is 1.39. The van der Waals surface area contributed by atoms with Gasteiger partial charge in [0.2, 0.25) is 5.79 Å². The van der Waals surface area contributed by atoms with Gasteiger partial charge in [0, 0.05) is 18.4 Å². The molecule has 0 spiro atoms. The van der Waals surface area contributed by atoms with Crippen molar-refractivity contribution in [2.45, 2.75) is 25.2 Å². The van der Waals surface area contributed by atoms with E-state index in [-0.39, 0.29) is 12.4 Å². The van der Waals surface area contributed by atoms with Gasteiger partial charge in [0.1, 0.15) is 13.1 Å². The average molecular weight is 244 g/mol. The van der Waals surface area contributed by atoms with Gasteiger partial charge in [-0.1, -0.05) is 30.3 Å². The number of benzene rings is 1. The van der Waals surface area contributed by atoms with Crippen LogP contribution in [0.3, 0.4) is 0 Å². The molecule has 4 heteroatoms. The lowest BCUT2D eigenvalue weighted by Crippen LogP contribution is -3.13. The van der Waals surface area contributed by atoms with Crippen molar-refractivity contribution in [1.29, 1.82) is 0 Å². The van der Waals surface area contributed by atoms with Crippen LogP contribution in [0, 0.1) is 0 Å². The molecule has 0 aliphatic carbocycles. The number of hydrogen-bond donors (Lipinski definition) is 3. The van der Waals surface area contributed by atoms with Gasteiger partial charge in [-0.2, -0.15) is 0 Å². The van der Waals surface area contributed by atoms with Gasteiger partial charge in [0.25, 0.3) is 0 Å². The van der Waals surface area contributed by atoms with E-state index in [0.717, 1.165) is 19.5 Å². The molecule has 1 unspecified atom stereocenters. The van der Waals surface area contributed by atoms with Gasteiger partial charge >= 0.3 is 0 Å². The summed E-state index contributed by atoms with van der Waals surface area (Å²) in [5.74, 6) is -1.46. The molecule has 1 aromatic rings. The van der Waals surface area contributed by atoms with Gasteiger partial charge in [0.05, 0.1) is 6.54 Å². The average Bonchev–Trinajstić information content (AvgIpc) is 2.17. The lowest BCUT2D eigenvalue weighted by Gasteiger charge is -2.32. The van der Waals surface area contributed by atoms with Crippen molar-refractivity contribution in [3.63, 3.8) is 0 Å². The second kappa shape index (κ2) is 5.64. The Hall–Kier alpha value is -0.610. The minimum Gasteiger partial charge on any atom is -1.00 e. The van der Waals surface area contributed by atoms with Crippen molar-refractivity contribution in [2.24, 2.45) is 0 Å². The molecule has 3 nitrogen and oxygen atoms in total. The molecule has 1 aromatic carbocycles. The Balaban J connectivity index is 0.00000128. The number of aliphatic hydroxyl groups is 2. The maximum absolute atomic E-state index is 9.56. The molecule has 1 atom stereocenters. The fourth-order valence-electron chi connectivity index (χ4n) is 2.23. The number of piperidine rings is 1. The van der Waals surface area contributed by atoms with Crippen molar-refractivity contribution in [3.8, 4) is 0 Å². The van der Waals surface area contributed by atoms with Gasteiger partial charge < -0.3 is 27.5 Å². The molecule has 0 bridgehead atoms. The van der Waals surface area contributed by atoms with Crippen LogP contribution in [-0.4, -0.2) is 29.1 Å². The highest BCUT2D eigenvalue weighted by atomic mass is 35.5. The number of hydrogen-bond acceptors (Lipinski definition) is 2. The Labute approximate surface area is 102 Å². The molecule has 16 heavy (non-hydrogen) atoms. The first-order valence-corrected chi connectivity index (χ1v) is 5.48. The Morgan fingerprint density at radius 3 is 2.50 bits per heavy atom. The second-order valence-corrected chi connectivity index (χ2v) is 4.43. The van der Waals surface area contributed by atoms with E-state index in [4.69, 9.17) is 0 Å². The van der Waals surface area contributed by atoms with Crippen molar-refractivity contribution in [2.75, 3.05) is 13.1 Å². The number of nitrogens with one attached hydrogen (secondary N) is 1. The highest BCUT2D eigenvalue weighted by molar-refractivity contribution is 5.13. The standard InChI is InChI=1S/C12H17NO2.ClH/c14-12(15)7-4-8-13(10-12)9-11-5-2-1-3-6-11;/h1-3,5-6,14-15H,4,7-10H2;1H. The van der Waals surface area contributed by atoms with E-state index >= 15 is 0 Å². The van der Waals surface area contributed by atoms with Crippen LogP contribution in [0.4, 0.5) is 0 Å². The number of halogens is 1. The van der Waals surface area contributed by atoms with E-state index in [2.05, 4.69) is 12.1 Å². The zero-order chi connectivity index (χ0) is 10.7. The molecular weight excluding hydrogens is 226 g/mol. The van der Waals surface area contributed by atoms with E-state index in [1.165, 1.54) is 10.5 Å². The fourth-order valence-corrected chi connectivity index (χ4v) is 2.23. The summed E-state index contributed by atoms with van der Waals surface area (Å²) in [6.45, 7) is 2.34. The summed E-state index contributed by atoms with van der Waals surface area (Å²) in [5.41, 5.74) is 1.25. The largest absolute Gasteiger partial charge is 1.00 e. The first-order chi connectivity index (χ1) is 7.16. The third kappa shape index (κ3) is 3.76.